The number of para-hydroxylation sites is 2. The monoisotopic (exact) mass is 461 g/mol. The van der Waals surface area contributed by atoms with E-state index in [-0.39, 0.29) is 17.1 Å². The molecule has 0 aliphatic carbocycles. The van der Waals surface area contributed by atoms with Gasteiger partial charge in [0.15, 0.2) is 5.11 Å². The minimum absolute atomic E-state index is 0.0788. The van der Waals surface area contributed by atoms with Crippen LogP contribution in [0.5, 0.6) is 5.75 Å². The van der Waals surface area contributed by atoms with E-state index in [1.54, 1.807) is 29.5 Å². The van der Waals surface area contributed by atoms with Gasteiger partial charge in [-0.25, -0.2) is 4.98 Å². The Bertz CT molecular complexity index is 1240. The summed E-state index contributed by atoms with van der Waals surface area (Å²) in [6, 6.07) is 22.9. The summed E-state index contributed by atoms with van der Waals surface area (Å²) >= 11 is 7.03. The number of thiazole rings is 1. The summed E-state index contributed by atoms with van der Waals surface area (Å²) in [5.41, 5.74) is 3.15. The highest BCUT2D eigenvalue weighted by atomic mass is 32.1. The van der Waals surface area contributed by atoms with Crippen LogP contribution in [0.1, 0.15) is 30.6 Å². The lowest BCUT2D eigenvalue weighted by Crippen LogP contribution is -2.34. The van der Waals surface area contributed by atoms with Gasteiger partial charge in [-0.2, -0.15) is 0 Å². The fraction of sp³-hybridized carbons (Fsp3) is 0.160. The van der Waals surface area contributed by atoms with Crippen molar-refractivity contribution in [3.8, 4) is 16.3 Å². The van der Waals surface area contributed by atoms with Gasteiger partial charge in [0.1, 0.15) is 10.8 Å². The zero-order valence-electron chi connectivity index (χ0n) is 17.8. The Hall–Kier alpha value is -3.29. The minimum Gasteiger partial charge on any atom is -0.491 e. The van der Waals surface area contributed by atoms with Crippen LogP contribution in [-0.4, -0.2) is 22.1 Å². The van der Waals surface area contributed by atoms with Crippen LogP contribution in [-0.2, 0) is 0 Å². The number of nitrogens with one attached hydrogen (secondary N) is 2. The molecule has 1 amide bonds. The van der Waals surface area contributed by atoms with E-state index in [1.165, 1.54) is 0 Å². The third-order valence-electron chi connectivity index (χ3n) is 4.94. The third-order valence-corrected chi connectivity index (χ3v) is 6.21. The number of hydrogen-bond acceptors (Lipinski definition) is 5. The van der Waals surface area contributed by atoms with E-state index in [9.17, 15) is 4.79 Å². The lowest BCUT2D eigenvalue weighted by molar-refractivity contribution is 0.0977. The number of fused-ring (bicyclic) bond motifs is 1. The first-order valence-corrected chi connectivity index (χ1v) is 11.6. The van der Waals surface area contributed by atoms with Gasteiger partial charge in [0.25, 0.3) is 5.91 Å². The maximum absolute atomic E-state index is 12.7. The number of anilines is 1. The van der Waals surface area contributed by atoms with Gasteiger partial charge in [0.2, 0.25) is 0 Å². The van der Waals surface area contributed by atoms with E-state index >= 15 is 0 Å². The van der Waals surface area contributed by atoms with Gasteiger partial charge in [-0.15, -0.1) is 11.3 Å². The van der Waals surface area contributed by atoms with Gasteiger partial charge in [-0.1, -0.05) is 37.3 Å². The third kappa shape index (κ3) is 5.12. The smallest absolute Gasteiger partial charge is 0.257 e. The Morgan fingerprint density at radius 2 is 1.88 bits per heavy atom. The predicted octanol–water partition coefficient (Wildman–Crippen LogP) is 6.27. The van der Waals surface area contributed by atoms with Crippen molar-refractivity contribution in [3.63, 3.8) is 0 Å². The van der Waals surface area contributed by atoms with Gasteiger partial charge in [0.05, 0.1) is 22.0 Å². The zero-order chi connectivity index (χ0) is 22.5. The van der Waals surface area contributed by atoms with Crippen molar-refractivity contribution in [2.75, 3.05) is 5.32 Å². The van der Waals surface area contributed by atoms with Crippen LogP contribution in [0, 0.1) is 0 Å². The Morgan fingerprint density at radius 1 is 1.09 bits per heavy atom. The molecule has 0 bridgehead atoms. The van der Waals surface area contributed by atoms with Crippen LogP contribution in [0.2, 0.25) is 0 Å². The van der Waals surface area contributed by atoms with Crippen LogP contribution in [0.15, 0.2) is 72.8 Å². The number of rotatable bonds is 6. The number of benzene rings is 3. The highest BCUT2D eigenvalue weighted by molar-refractivity contribution is 7.80. The molecule has 0 aliphatic rings. The second-order valence-corrected chi connectivity index (χ2v) is 8.74. The van der Waals surface area contributed by atoms with Crippen molar-refractivity contribution in [1.82, 2.24) is 10.3 Å². The lowest BCUT2D eigenvalue weighted by Gasteiger charge is -2.14. The van der Waals surface area contributed by atoms with Crippen molar-refractivity contribution in [3.05, 3.63) is 78.4 Å². The lowest BCUT2D eigenvalue weighted by atomic mass is 10.2. The summed E-state index contributed by atoms with van der Waals surface area (Å²) < 4.78 is 6.93. The molecular weight excluding hydrogens is 438 g/mol. The first kappa shape index (κ1) is 21.9. The topological polar surface area (TPSA) is 63.2 Å². The number of carbonyl (C=O) groups is 1. The number of amides is 1. The van der Waals surface area contributed by atoms with Crippen molar-refractivity contribution >= 4 is 50.5 Å². The quantitative estimate of drug-likeness (QED) is 0.332. The second kappa shape index (κ2) is 9.89. The molecule has 0 saturated heterocycles. The average molecular weight is 462 g/mol. The molecule has 162 valence electrons. The van der Waals surface area contributed by atoms with E-state index in [0.717, 1.165) is 32.9 Å². The SMILES string of the molecule is CCC(C)Oc1cccc(C(=O)NC(=S)Nc2ccccc2-c2nc3ccccc3s2)c1. The van der Waals surface area contributed by atoms with Crippen molar-refractivity contribution < 1.29 is 9.53 Å². The van der Waals surface area contributed by atoms with Crippen molar-refractivity contribution in [2.45, 2.75) is 26.4 Å². The molecule has 1 aromatic heterocycles. The molecule has 0 saturated carbocycles. The Balaban J connectivity index is 1.48. The zero-order valence-corrected chi connectivity index (χ0v) is 19.4. The molecule has 4 rings (SSSR count). The van der Waals surface area contributed by atoms with Crippen LogP contribution < -0.4 is 15.4 Å². The fourth-order valence-corrected chi connectivity index (χ4v) is 4.33. The highest BCUT2D eigenvalue weighted by Crippen LogP contribution is 2.34. The molecule has 7 heteroatoms. The highest BCUT2D eigenvalue weighted by Gasteiger charge is 2.14. The molecule has 2 N–H and O–H groups in total. The van der Waals surface area contributed by atoms with Crippen molar-refractivity contribution in [1.29, 1.82) is 0 Å². The number of aromatic nitrogens is 1. The molecule has 0 aliphatic heterocycles. The summed E-state index contributed by atoms with van der Waals surface area (Å²) in [4.78, 5) is 17.5. The number of thiocarbonyl (C=S) groups is 1. The summed E-state index contributed by atoms with van der Waals surface area (Å²) in [7, 11) is 0. The van der Waals surface area contributed by atoms with E-state index in [4.69, 9.17) is 21.9 Å². The maximum Gasteiger partial charge on any atom is 0.257 e. The molecule has 1 heterocycles. The second-order valence-electron chi connectivity index (χ2n) is 7.31. The summed E-state index contributed by atoms with van der Waals surface area (Å²) in [5.74, 6) is 0.363. The summed E-state index contributed by atoms with van der Waals surface area (Å²) in [6.07, 6.45) is 0.966. The molecule has 0 fully saturated rings. The number of nitrogens with zero attached hydrogens (tertiary/aromatic N) is 1. The van der Waals surface area contributed by atoms with Crippen LogP contribution in [0.25, 0.3) is 20.8 Å². The number of hydrogen-bond donors (Lipinski definition) is 2. The Labute approximate surface area is 196 Å². The van der Waals surface area contributed by atoms with Gasteiger partial charge in [-0.3, -0.25) is 10.1 Å². The summed E-state index contributed by atoms with van der Waals surface area (Å²) in [6.45, 7) is 4.05. The summed E-state index contributed by atoms with van der Waals surface area (Å²) in [5, 5.41) is 7.00. The minimum atomic E-state index is -0.297. The molecule has 1 unspecified atom stereocenters. The molecule has 3 aromatic carbocycles. The Morgan fingerprint density at radius 3 is 2.69 bits per heavy atom. The van der Waals surface area contributed by atoms with Crippen LogP contribution in [0.4, 0.5) is 5.69 Å². The van der Waals surface area contributed by atoms with Crippen molar-refractivity contribution in [2.24, 2.45) is 0 Å². The molecule has 0 radical (unpaired) electrons. The predicted molar refractivity (Wildman–Crippen MR) is 136 cm³/mol. The van der Waals surface area contributed by atoms with E-state index in [0.29, 0.717) is 11.3 Å². The van der Waals surface area contributed by atoms with Gasteiger partial charge < -0.3 is 10.1 Å². The van der Waals surface area contributed by atoms with Gasteiger partial charge in [-0.05, 0) is 68.0 Å². The molecule has 5 nitrogen and oxygen atoms in total. The van der Waals surface area contributed by atoms with E-state index in [1.807, 2.05) is 55.5 Å². The van der Waals surface area contributed by atoms with Crippen LogP contribution >= 0.6 is 23.6 Å². The Kier molecular flexibility index (Phi) is 6.78. The number of ether oxygens (including phenoxy) is 1. The average Bonchev–Trinajstić information content (AvgIpc) is 3.23. The largest absolute Gasteiger partial charge is 0.491 e. The maximum atomic E-state index is 12.7. The van der Waals surface area contributed by atoms with Crippen LogP contribution in [0.3, 0.4) is 0 Å². The van der Waals surface area contributed by atoms with Gasteiger partial charge in [0, 0.05) is 11.1 Å². The first-order valence-electron chi connectivity index (χ1n) is 10.4. The molecule has 0 spiro atoms. The fourth-order valence-electron chi connectivity index (χ4n) is 3.12. The normalized spacial score (nSPS) is 11.7. The molecule has 1 atom stereocenters. The first-order chi connectivity index (χ1) is 15.5. The van der Waals surface area contributed by atoms with E-state index < -0.39 is 0 Å². The molecular formula is C25H23N3O2S2. The molecule has 32 heavy (non-hydrogen) atoms. The van der Waals surface area contributed by atoms with Gasteiger partial charge >= 0.3 is 0 Å². The number of carbonyl (C=O) groups excluding carboxylic acids is 1. The standard InChI is InChI=1S/C25H23N3O2S2/c1-3-16(2)30-18-10-8-9-17(15-18)23(29)28-25(31)27-20-12-5-4-11-19(20)24-26-21-13-6-7-14-22(21)32-24/h4-16H,3H2,1-2H3,(H2,27,28,29,31). The molecule has 4 aromatic rings. The van der Waals surface area contributed by atoms with E-state index in [2.05, 4.69) is 23.6 Å².